The topological polar surface area (TPSA) is 57.5 Å². The van der Waals surface area contributed by atoms with Gasteiger partial charge in [0.05, 0.1) is 12.0 Å². The zero-order valence-corrected chi connectivity index (χ0v) is 8.99. The summed E-state index contributed by atoms with van der Waals surface area (Å²) in [5.41, 5.74) is -0.998. The van der Waals surface area contributed by atoms with Crippen molar-refractivity contribution in [3.05, 3.63) is 0 Å². The Labute approximate surface area is 85.1 Å². The van der Waals surface area contributed by atoms with Crippen LogP contribution >= 0.6 is 0 Å². The second-order valence-electron chi connectivity index (χ2n) is 4.65. The Morgan fingerprint density at radius 2 is 1.71 bits per heavy atom. The molecule has 2 N–H and O–H groups in total. The quantitative estimate of drug-likeness (QED) is 0.671. The summed E-state index contributed by atoms with van der Waals surface area (Å²) in [7, 11) is 0. The molecule has 1 aliphatic rings. The average Bonchev–Trinajstić information content (AvgIpc) is 2.18. The van der Waals surface area contributed by atoms with Crippen LogP contribution in [0.1, 0.15) is 46.0 Å². The fraction of sp³-hybridized carbons (Fsp3) is 0.909. The lowest BCUT2D eigenvalue weighted by Gasteiger charge is -2.36. The molecule has 1 fully saturated rings. The first-order chi connectivity index (χ1) is 6.47. The molecule has 0 aromatic carbocycles. The molecule has 0 radical (unpaired) electrons. The first-order valence-corrected chi connectivity index (χ1v) is 5.41. The molecule has 0 saturated heterocycles. The highest BCUT2D eigenvalue weighted by molar-refractivity contribution is 5.68. The molecule has 0 aromatic rings. The van der Waals surface area contributed by atoms with E-state index in [-0.39, 0.29) is 18.3 Å². The van der Waals surface area contributed by atoms with Crippen LogP contribution in [0, 0.1) is 11.8 Å². The molecule has 2 unspecified atom stereocenters. The number of carboxylic acid groups (broad SMARTS) is 1. The van der Waals surface area contributed by atoms with Gasteiger partial charge in [0, 0.05) is 0 Å². The summed E-state index contributed by atoms with van der Waals surface area (Å²) in [5.74, 6) is -0.708. The van der Waals surface area contributed by atoms with Crippen molar-refractivity contribution < 1.29 is 15.0 Å². The van der Waals surface area contributed by atoms with Gasteiger partial charge in [0.1, 0.15) is 0 Å². The van der Waals surface area contributed by atoms with Gasteiger partial charge in [-0.25, -0.2) is 0 Å². The molecule has 1 rings (SSSR count). The average molecular weight is 200 g/mol. The predicted molar refractivity (Wildman–Crippen MR) is 54.0 cm³/mol. The molecule has 2 atom stereocenters. The molecule has 0 heterocycles. The fourth-order valence-corrected chi connectivity index (χ4v) is 2.48. The molecule has 0 spiro atoms. The van der Waals surface area contributed by atoms with Gasteiger partial charge in [-0.3, -0.25) is 4.79 Å². The second kappa shape index (κ2) is 4.30. The summed E-state index contributed by atoms with van der Waals surface area (Å²) in [4.78, 5) is 10.7. The highest BCUT2D eigenvalue weighted by Crippen LogP contribution is 2.38. The Morgan fingerprint density at radius 3 is 2.07 bits per heavy atom. The summed E-state index contributed by atoms with van der Waals surface area (Å²) in [6.45, 7) is 3.93. The maximum absolute atomic E-state index is 10.7. The molecule has 3 heteroatoms. The lowest BCUT2D eigenvalue weighted by Crippen LogP contribution is -2.43. The summed E-state index contributed by atoms with van der Waals surface area (Å²) in [6.07, 6.45) is 3.97. The van der Waals surface area contributed by atoms with Gasteiger partial charge < -0.3 is 10.2 Å². The van der Waals surface area contributed by atoms with E-state index in [1.54, 1.807) is 0 Å². The van der Waals surface area contributed by atoms with Crippen LogP contribution in [0.25, 0.3) is 0 Å². The predicted octanol–water partition coefficient (Wildman–Crippen LogP) is 2.04. The fourth-order valence-electron chi connectivity index (χ4n) is 2.48. The molecule has 0 aliphatic heterocycles. The highest BCUT2D eigenvalue weighted by atomic mass is 16.4. The van der Waals surface area contributed by atoms with Crippen molar-refractivity contribution >= 4 is 5.97 Å². The Kier molecular flexibility index (Phi) is 3.53. The first-order valence-electron chi connectivity index (χ1n) is 5.41. The normalized spacial score (nSPS) is 39.1. The minimum atomic E-state index is -0.998. The van der Waals surface area contributed by atoms with Crippen LogP contribution in [-0.4, -0.2) is 21.8 Å². The Balaban J connectivity index is 2.80. The van der Waals surface area contributed by atoms with Crippen molar-refractivity contribution in [3.8, 4) is 0 Å². The molecule has 0 bridgehead atoms. The second-order valence-corrected chi connectivity index (χ2v) is 4.65. The number of hydrogen-bond acceptors (Lipinski definition) is 2. The van der Waals surface area contributed by atoms with E-state index in [1.165, 1.54) is 0 Å². The van der Waals surface area contributed by atoms with E-state index in [0.717, 1.165) is 25.7 Å². The van der Waals surface area contributed by atoms with E-state index in [9.17, 15) is 9.90 Å². The van der Waals surface area contributed by atoms with Gasteiger partial charge in [-0.2, -0.15) is 0 Å². The third-order valence-corrected chi connectivity index (χ3v) is 3.67. The van der Waals surface area contributed by atoms with Crippen LogP contribution in [0.5, 0.6) is 0 Å². The van der Waals surface area contributed by atoms with Gasteiger partial charge in [0.25, 0.3) is 0 Å². The standard InChI is InChI=1S/C11H20O3/c1-8-5-3-4-6-9(2)11(8,14)7-10(12)13/h8-9,14H,3-7H2,1-2H3,(H,12,13). The summed E-state index contributed by atoms with van der Waals surface area (Å²) >= 11 is 0. The molecule has 3 nitrogen and oxygen atoms in total. The van der Waals surface area contributed by atoms with Gasteiger partial charge in [0.15, 0.2) is 0 Å². The molecule has 1 saturated carbocycles. The number of aliphatic carboxylic acids is 1. The third kappa shape index (κ3) is 2.27. The molecular weight excluding hydrogens is 180 g/mol. The van der Waals surface area contributed by atoms with Crippen molar-refractivity contribution in [3.63, 3.8) is 0 Å². The van der Waals surface area contributed by atoms with Crippen LogP contribution in [-0.2, 0) is 4.79 Å². The molecule has 0 aromatic heterocycles. The van der Waals surface area contributed by atoms with Crippen LogP contribution < -0.4 is 0 Å². The largest absolute Gasteiger partial charge is 0.481 e. The van der Waals surface area contributed by atoms with Crippen molar-refractivity contribution in [1.82, 2.24) is 0 Å². The first kappa shape index (κ1) is 11.5. The smallest absolute Gasteiger partial charge is 0.306 e. The molecule has 1 aliphatic carbocycles. The van der Waals surface area contributed by atoms with Crippen LogP contribution in [0.3, 0.4) is 0 Å². The highest BCUT2D eigenvalue weighted by Gasteiger charge is 2.41. The van der Waals surface area contributed by atoms with Gasteiger partial charge in [-0.15, -0.1) is 0 Å². The Hall–Kier alpha value is -0.570. The van der Waals surface area contributed by atoms with Gasteiger partial charge >= 0.3 is 5.97 Å². The molecule has 0 amide bonds. The molecule has 82 valence electrons. The lowest BCUT2D eigenvalue weighted by molar-refractivity contribution is -0.148. The molecule has 14 heavy (non-hydrogen) atoms. The van der Waals surface area contributed by atoms with E-state index in [0.29, 0.717) is 0 Å². The van der Waals surface area contributed by atoms with Crippen molar-refractivity contribution in [2.24, 2.45) is 11.8 Å². The van der Waals surface area contributed by atoms with E-state index < -0.39 is 11.6 Å². The third-order valence-electron chi connectivity index (χ3n) is 3.67. The Bertz CT molecular complexity index is 201. The monoisotopic (exact) mass is 200 g/mol. The summed E-state index contributed by atoms with van der Waals surface area (Å²) in [6, 6.07) is 0. The number of carbonyl (C=O) groups is 1. The lowest BCUT2D eigenvalue weighted by atomic mass is 9.75. The van der Waals surface area contributed by atoms with E-state index in [4.69, 9.17) is 5.11 Å². The van der Waals surface area contributed by atoms with Crippen LogP contribution in [0.2, 0.25) is 0 Å². The maximum atomic E-state index is 10.7. The Morgan fingerprint density at radius 1 is 1.29 bits per heavy atom. The SMILES string of the molecule is CC1CCCCC(C)C1(O)CC(=O)O. The number of aliphatic hydroxyl groups is 1. The van der Waals surface area contributed by atoms with Crippen LogP contribution in [0.15, 0.2) is 0 Å². The van der Waals surface area contributed by atoms with E-state index >= 15 is 0 Å². The van der Waals surface area contributed by atoms with E-state index in [2.05, 4.69) is 0 Å². The van der Waals surface area contributed by atoms with Gasteiger partial charge in [-0.05, 0) is 24.7 Å². The van der Waals surface area contributed by atoms with Gasteiger partial charge in [0.2, 0.25) is 0 Å². The summed E-state index contributed by atoms with van der Waals surface area (Å²) in [5, 5.41) is 19.2. The minimum absolute atomic E-state index is 0.0936. The number of rotatable bonds is 2. The van der Waals surface area contributed by atoms with E-state index in [1.807, 2.05) is 13.8 Å². The van der Waals surface area contributed by atoms with Crippen LogP contribution in [0.4, 0.5) is 0 Å². The van der Waals surface area contributed by atoms with Crippen molar-refractivity contribution in [1.29, 1.82) is 0 Å². The van der Waals surface area contributed by atoms with Crippen molar-refractivity contribution in [2.45, 2.75) is 51.6 Å². The van der Waals surface area contributed by atoms with Crippen molar-refractivity contribution in [2.75, 3.05) is 0 Å². The zero-order valence-electron chi connectivity index (χ0n) is 8.99. The maximum Gasteiger partial charge on any atom is 0.306 e. The molecular formula is C11H20O3. The summed E-state index contributed by atoms with van der Waals surface area (Å²) < 4.78 is 0. The number of hydrogen-bond donors (Lipinski definition) is 2. The van der Waals surface area contributed by atoms with Gasteiger partial charge in [-0.1, -0.05) is 26.7 Å². The zero-order chi connectivity index (χ0) is 10.8. The minimum Gasteiger partial charge on any atom is -0.481 e. The number of carboxylic acids is 1.